The Kier molecular flexibility index (Phi) is 4.51. The number of fused-ring (bicyclic) bond motifs is 1. The second-order valence-electron chi connectivity index (χ2n) is 11.4. The van der Waals surface area contributed by atoms with Gasteiger partial charge in [-0.1, -0.05) is 13.8 Å². The first kappa shape index (κ1) is 20.3. The highest BCUT2D eigenvalue weighted by Gasteiger charge is 2.64. The van der Waals surface area contributed by atoms with Gasteiger partial charge < -0.3 is 21.1 Å². The number of nitrogens with two attached hydrogens (primary N) is 2. The molecule has 5 aliphatic carbocycles. The molecule has 4 bridgehead atoms. The SMILES string of the molecule is CC(C)[C@H](N)C(=O)OC12CC3CC(C1)CC([C@H](N)C(=O)N1[C@H](C#N)C[C@@H]4C[C@@H]41)(C3)C2. The van der Waals surface area contributed by atoms with Crippen LogP contribution in [0.4, 0.5) is 0 Å². The van der Waals surface area contributed by atoms with E-state index in [0.29, 0.717) is 24.2 Å². The number of amides is 1. The zero-order valence-corrected chi connectivity index (χ0v) is 18.0. The van der Waals surface area contributed by atoms with Crippen molar-refractivity contribution in [2.75, 3.05) is 0 Å². The van der Waals surface area contributed by atoms with E-state index in [1.54, 1.807) is 4.90 Å². The summed E-state index contributed by atoms with van der Waals surface area (Å²) in [5.74, 6) is 0.987. The van der Waals surface area contributed by atoms with Gasteiger partial charge in [0.1, 0.15) is 17.7 Å². The van der Waals surface area contributed by atoms with Crippen LogP contribution in [0.1, 0.15) is 65.2 Å². The van der Waals surface area contributed by atoms with Gasteiger partial charge in [-0.25, -0.2) is 0 Å². The number of esters is 1. The molecule has 7 nitrogen and oxygen atoms in total. The maximum atomic E-state index is 13.5. The largest absolute Gasteiger partial charge is 0.458 e. The van der Waals surface area contributed by atoms with E-state index in [1.807, 2.05) is 13.8 Å². The summed E-state index contributed by atoms with van der Waals surface area (Å²) in [5, 5.41) is 9.52. The number of piperidine rings is 1. The predicted octanol–water partition coefficient (Wildman–Crippen LogP) is 1.69. The summed E-state index contributed by atoms with van der Waals surface area (Å²) >= 11 is 0. The first-order chi connectivity index (χ1) is 14.2. The average Bonchev–Trinajstić information content (AvgIpc) is 3.34. The van der Waals surface area contributed by atoms with E-state index in [4.69, 9.17) is 16.2 Å². The second kappa shape index (κ2) is 6.67. The molecule has 0 aromatic heterocycles. The van der Waals surface area contributed by atoms with Crippen LogP contribution in [0.25, 0.3) is 0 Å². The number of likely N-dealkylation sites (tertiary alicyclic amines) is 1. The summed E-state index contributed by atoms with van der Waals surface area (Å²) in [6.45, 7) is 3.85. The highest BCUT2D eigenvalue weighted by Crippen LogP contribution is 2.64. The summed E-state index contributed by atoms with van der Waals surface area (Å²) in [6, 6.07) is 0.921. The van der Waals surface area contributed by atoms with E-state index in [1.165, 1.54) is 0 Å². The summed E-state index contributed by atoms with van der Waals surface area (Å²) in [5.41, 5.74) is 11.9. The van der Waals surface area contributed by atoms with Crippen molar-refractivity contribution in [3.05, 3.63) is 0 Å². The number of nitriles is 1. The summed E-state index contributed by atoms with van der Waals surface area (Å²) in [6.07, 6.45) is 7.13. The van der Waals surface area contributed by atoms with Gasteiger partial charge in [-0.2, -0.15) is 5.26 Å². The van der Waals surface area contributed by atoms with Crippen molar-refractivity contribution < 1.29 is 14.3 Å². The Morgan fingerprint density at radius 3 is 2.37 bits per heavy atom. The molecular weight excluding hydrogens is 380 g/mol. The lowest BCUT2D eigenvalue weighted by atomic mass is 9.46. The molecule has 6 rings (SSSR count). The number of carbonyl (C=O) groups is 2. The standard InChI is InChI=1S/C23H34N4O3/c1-12(2)18(25)21(29)30-23-8-13-3-14(9-23)7-22(6-13,11-23)19(26)20(28)27-16(10-24)4-15-5-17(15)27/h12-19H,3-9,11,25-26H2,1-2H3/t13?,14?,15-,16+,17+,18+,19-,22?,23?/m1/s1. The van der Waals surface area contributed by atoms with Crippen molar-refractivity contribution in [3.8, 4) is 6.07 Å². The number of nitrogens with zero attached hydrogens (tertiary/aromatic N) is 2. The van der Waals surface area contributed by atoms with Crippen LogP contribution in [0.2, 0.25) is 0 Å². The maximum absolute atomic E-state index is 13.5. The number of hydrogen-bond donors (Lipinski definition) is 2. The van der Waals surface area contributed by atoms with Gasteiger partial charge in [-0.15, -0.1) is 0 Å². The number of rotatable bonds is 5. The molecule has 1 amide bonds. The molecule has 4 N–H and O–H groups in total. The molecule has 0 aromatic rings. The van der Waals surface area contributed by atoms with Gasteiger partial charge >= 0.3 is 5.97 Å². The van der Waals surface area contributed by atoms with Gasteiger partial charge in [0.2, 0.25) is 5.91 Å². The highest BCUT2D eigenvalue weighted by atomic mass is 16.6. The molecule has 1 aliphatic heterocycles. The van der Waals surface area contributed by atoms with E-state index >= 15 is 0 Å². The van der Waals surface area contributed by atoms with Gasteiger partial charge in [-0.3, -0.25) is 9.59 Å². The van der Waals surface area contributed by atoms with Crippen molar-refractivity contribution in [1.29, 1.82) is 5.26 Å². The smallest absolute Gasteiger partial charge is 0.323 e. The molecule has 2 unspecified atom stereocenters. The van der Waals surface area contributed by atoms with E-state index in [2.05, 4.69) is 6.07 Å². The molecule has 0 spiro atoms. The Labute approximate surface area is 178 Å². The van der Waals surface area contributed by atoms with Crippen molar-refractivity contribution in [2.45, 2.75) is 95.0 Å². The van der Waals surface area contributed by atoms with Gasteiger partial charge in [0.05, 0.1) is 12.1 Å². The summed E-state index contributed by atoms with van der Waals surface area (Å²) in [4.78, 5) is 28.0. The minimum absolute atomic E-state index is 0.0220. The molecule has 5 saturated carbocycles. The first-order valence-corrected chi connectivity index (χ1v) is 11.6. The Balaban J connectivity index is 1.38. The summed E-state index contributed by atoms with van der Waals surface area (Å²) in [7, 11) is 0. The van der Waals surface area contributed by atoms with E-state index in [-0.39, 0.29) is 35.3 Å². The highest BCUT2D eigenvalue weighted by molar-refractivity contribution is 5.84. The fourth-order valence-electron chi connectivity index (χ4n) is 7.60. The van der Waals surface area contributed by atoms with Crippen LogP contribution in [0.15, 0.2) is 0 Å². The van der Waals surface area contributed by atoms with Crippen LogP contribution in [0.5, 0.6) is 0 Å². The quantitative estimate of drug-likeness (QED) is 0.660. The minimum atomic E-state index is -0.629. The van der Waals surface area contributed by atoms with Gasteiger partial charge in [0, 0.05) is 6.04 Å². The third-order valence-electron chi connectivity index (χ3n) is 8.79. The normalized spacial score (nSPS) is 45.1. The maximum Gasteiger partial charge on any atom is 0.323 e. The molecule has 6 fully saturated rings. The van der Waals surface area contributed by atoms with Crippen LogP contribution < -0.4 is 11.5 Å². The second-order valence-corrected chi connectivity index (χ2v) is 11.4. The molecule has 7 atom stereocenters. The predicted molar refractivity (Wildman–Crippen MR) is 109 cm³/mol. The molecule has 1 saturated heterocycles. The fourth-order valence-corrected chi connectivity index (χ4v) is 7.60. The average molecular weight is 415 g/mol. The van der Waals surface area contributed by atoms with Gasteiger partial charge in [0.25, 0.3) is 0 Å². The molecule has 164 valence electrons. The van der Waals surface area contributed by atoms with Crippen LogP contribution in [0.3, 0.4) is 0 Å². The van der Waals surface area contributed by atoms with Crippen molar-refractivity contribution in [2.24, 2.45) is 40.6 Å². The van der Waals surface area contributed by atoms with Crippen LogP contribution in [-0.2, 0) is 14.3 Å². The molecule has 0 aromatic carbocycles. The van der Waals surface area contributed by atoms with Crippen LogP contribution in [-0.4, -0.2) is 46.5 Å². The zero-order valence-electron chi connectivity index (χ0n) is 18.0. The number of ether oxygens (including phenoxy) is 1. The Hall–Kier alpha value is -1.65. The Morgan fingerprint density at radius 2 is 1.77 bits per heavy atom. The van der Waals surface area contributed by atoms with E-state index in [0.717, 1.165) is 44.9 Å². The lowest BCUT2D eigenvalue weighted by molar-refractivity contribution is -0.207. The third kappa shape index (κ3) is 2.98. The third-order valence-corrected chi connectivity index (χ3v) is 8.79. The minimum Gasteiger partial charge on any atom is -0.458 e. The molecular formula is C23H34N4O3. The monoisotopic (exact) mass is 414 g/mol. The van der Waals surface area contributed by atoms with Crippen molar-refractivity contribution in [1.82, 2.24) is 4.90 Å². The molecule has 30 heavy (non-hydrogen) atoms. The summed E-state index contributed by atoms with van der Waals surface area (Å²) < 4.78 is 6.13. The lowest BCUT2D eigenvalue weighted by Gasteiger charge is -2.62. The van der Waals surface area contributed by atoms with E-state index < -0.39 is 17.7 Å². The Morgan fingerprint density at radius 1 is 1.10 bits per heavy atom. The zero-order chi connectivity index (χ0) is 21.4. The molecule has 6 aliphatic rings. The molecule has 1 heterocycles. The van der Waals surface area contributed by atoms with Crippen LogP contribution in [0, 0.1) is 40.4 Å². The van der Waals surface area contributed by atoms with Gasteiger partial charge in [0.15, 0.2) is 0 Å². The van der Waals surface area contributed by atoms with Crippen molar-refractivity contribution >= 4 is 11.9 Å². The number of hydrogen-bond acceptors (Lipinski definition) is 6. The Bertz CT molecular complexity index is 791. The fraction of sp³-hybridized carbons (Fsp3) is 0.870. The van der Waals surface area contributed by atoms with E-state index in [9.17, 15) is 14.9 Å². The van der Waals surface area contributed by atoms with Gasteiger partial charge in [-0.05, 0) is 80.5 Å². The molecule has 0 radical (unpaired) electrons. The topological polar surface area (TPSA) is 122 Å². The van der Waals surface area contributed by atoms with Crippen molar-refractivity contribution in [3.63, 3.8) is 0 Å². The first-order valence-electron chi connectivity index (χ1n) is 11.6. The lowest BCUT2D eigenvalue weighted by Crippen LogP contribution is -2.66. The molecule has 7 heteroatoms. The number of carbonyl (C=O) groups excluding carboxylic acids is 2. The van der Waals surface area contributed by atoms with Crippen LogP contribution >= 0.6 is 0 Å².